The van der Waals surface area contributed by atoms with Crippen LogP contribution < -0.4 is 5.32 Å². The molecule has 1 atom stereocenters. The molecule has 2 fully saturated rings. The van der Waals surface area contributed by atoms with Gasteiger partial charge in [-0.2, -0.15) is 11.8 Å². The van der Waals surface area contributed by atoms with E-state index in [0.29, 0.717) is 5.25 Å². The molecular formula is C15H23N3S. The lowest BCUT2D eigenvalue weighted by atomic mass is 10.1. The summed E-state index contributed by atoms with van der Waals surface area (Å²) >= 11 is 2.03. The number of nitrogens with zero attached hydrogens (tertiary/aromatic N) is 2. The van der Waals surface area contributed by atoms with Crippen LogP contribution in [0.15, 0.2) is 0 Å². The second-order valence-corrected chi connectivity index (χ2v) is 7.05. The van der Waals surface area contributed by atoms with E-state index >= 15 is 0 Å². The molecule has 0 bridgehead atoms. The molecule has 1 aliphatic carbocycles. The third-order valence-corrected chi connectivity index (χ3v) is 5.42. The lowest BCUT2D eigenvalue weighted by molar-refractivity contribution is 0.644. The average molecular weight is 277 g/mol. The Morgan fingerprint density at radius 2 is 1.84 bits per heavy atom. The smallest absolute Gasteiger partial charge is 0.141 e. The van der Waals surface area contributed by atoms with E-state index in [1.54, 1.807) is 0 Å². The van der Waals surface area contributed by atoms with E-state index in [1.807, 2.05) is 11.8 Å². The number of hydrogen-bond donors (Lipinski definition) is 1. The minimum Gasteiger partial charge on any atom is -0.310 e. The van der Waals surface area contributed by atoms with Crippen molar-refractivity contribution in [3.8, 4) is 0 Å². The Kier molecular flexibility index (Phi) is 4.08. The minimum atomic E-state index is 0.525. The average Bonchev–Trinajstić information content (AvgIpc) is 3.23. The summed E-state index contributed by atoms with van der Waals surface area (Å²) in [5.74, 6) is 2.33. The van der Waals surface area contributed by atoms with Gasteiger partial charge in [-0.15, -0.1) is 0 Å². The lowest BCUT2D eigenvalue weighted by Crippen LogP contribution is -2.19. The Labute approximate surface area is 120 Å². The van der Waals surface area contributed by atoms with Gasteiger partial charge in [-0.05, 0) is 45.3 Å². The van der Waals surface area contributed by atoms with Crippen LogP contribution in [-0.4, -0.2) is 21.8 Å². The zero-order chi connectivity index (χ0) is 13.2. The van der Waals surface area contributed by atoms with Gasteiger partial charge in [-0.3, -0.25) is 0 Å². The number of rotatable bonds is 4. The maximum absolute atomic E-state index is 4.78. The first-order valence-corrected chi connectivity index (χ1v) is 8.48. The molecule has 1 aliphatic heterocycles. The topological polar surface area (TPSA) is 37.8 Å². The summed E-state index contributed by atoms with van der Waals surface area (Å²) in [7, 11) is 0. The van der Waals surface area contributed by atoms with Crippen LogP contribution in [-0.2, 0) is 6.54 Å². The molecule has 19 heavy (non-hydrogen) atoms. The van der Waals surface area contributed by atoms with Crippen molar-refractivity contribution in [1.29, 1.82) is 0 Å². The van der Waals surface area contributed by atoms with Crippen molar-refractivity contribution in [2.24, 2.45) is 0 Å². The van der Waals surface area contributed by atoms with Gasteiger partial charge in [0.15, 0.2) is 0 Å². The fourth-order valence-electron chi connectivity index (χ4n) is 2.64. The van der Waals surface area contributed by atoms with Crippen molar-refractivity contribution in [1.82, 2.24) is 15.3 Å². The van der Waals surface area contributed by atoms with Crippen molar-refractivity contribution < 1.29 is 0 Å². The summed E-state index contributed by atoms with van der Waals surface area (Å²) in [5.41, 5.74) is 3.64. The Hall–Kier alpha value is -0.610. The Bertz CT molecular complexity index is 428. The molecule has 1 unspecified atom stereocenters. The molecule has 0 radical (unpaired) electrons. The molecule has 0 amide bonds. The molecule has 1 aromatic heterocycles. The minimum absolute atomic E-state index is 0.525. The maximum atomic E-state index is 4.78. The molecule has 0 aromatic carbocycles. The van der Waals surface area contributed by atoms with Crippen LogP contribution in [0.4, 0.5) is 0 Å². The van der Waals surface area contributed by atoms with Crippen molar-refractivity contribution >= 4 is 11.8 Å². The van der Waals surface area contributed by atoms with Gasteiger partial charge in [0.05, 0.1) is 5.25 Å². The summed E-state index contributed by atoms with van der Waals surface area (Å²) < 4.78 is 0. The van der Waals surface area contributed by atoms with Crippen LogP contribution in [0.5, 0.6) is 0 Å². The first-order valence-electron chi connectivity index (χ1n) is 7.43. The van der Waals surface area contributed by atoms with E-state index in [0.717, 1.165) is 18.4 Å². The van der Waals surface area contributed by atoms with E-state index in [-0.39, 0.29) is 0 Å². The van der Waals surface area contributed by atoms with E-state index < -0.39 is 0 Å². The van der Waals surface area contributed by atoms with Gasteiger partial charge in [0.2, 0.25) is 0 Å². The first kappa shape index (κ1) is 13.4. The monoisotopic (exact) mass is 277 g/mol. The molecule has 3 rings (SSSR count). The SMILES string of the molecule is Cc1nc(C2CCCCS2)nc(C)c1CNC1CC1. The molecule has 1 N–H and O–H groups in total. The number of thioether (sulfide) groups is 1. The highest BCUT2D eigenvalue weighted by Gasteiger charge is 2.23. The summed E-state index contributed by atoms with van der Waals surface area (Å²) in [4.78, 5) is 9.57. The van der Waals surface area contributed by atoms with Crippen molar-refractivity contribution in [2.75, 3.05) is 5.75 Å². The summed E-state index contributed by atoms with van der Waals surface area (Å²) in [6.07, 6.45) is 6.57. The van der Waals surface area contributed by atoms with E-state index in [2.05, 4.69) is 19.2 Å². The van der Waals surface area contributed by atoms with Crippen molar-refractivity contribution in [3.63, 3.8) is 0 Å². The van der Waals surface area contributed by atoms with Gasteiger partial charge >= 0.3 is 0 Å². The highest BCUT2D eigenvalue weighted by molar-refractivity contribution is 7.99. The fourth-order valence-corrected chi connectivity index (χ4v) is 3.89. The van der Waals surface area contributed by atoms with E-state index in [4.69, 9.17) is 9.97 Å². The summed E-state index contributed by atoms with van der Waals surface area (Å²) in [6, 6.07) is 0.743. The molecule has 1 saturated heterocycles. The van der Waals surface area contributed by atoms with Gasteiger partial charge in [-0.1, -0.05) is 6.42 Å². The number of aromatic nitrogens is 2. The molecule has 0 spiro atoms. The molecule has 1 aromatic rings. The number of nitrogens with one attached hydrogen (secondary N) is 1. The molecule has 104 valence electrons. The third-order valence-electron chi connectivity index (χ3n) is 4.05. The van der Waals surface area contributed by atoms with E-state index in [9.17, 15) is 0 Å². The van der Waals surface area contributed by atoms with Gasteiger partial charge in [0, 0.05) is 29.5 Å². The predicted octanol–water partition coefficient (Wildman–Crippen LogP) is 3.30. The Morgan fingerprint density at radius 1 is 1.11 bits per heavy atom. The van der Waals surface area contributed by atoms with Crippen LogP contribution in [0.25, 0.3) is 0 Å². The summed E-state index contributed by atoms with van der Waals surface area (Å²) in [5, 5.41) is 4.09. The molecule has 3 nitrogen and oxygen atoms in total. The number of aryl methyl sites for hydroxylation is 2. The van der Waals surface area contributed by atoms with Crippen molar-refractivity contribution in [2.45, 2.75) is 63.8 Å². The maximum Gasteiger partial charge on any atom is 0.141 e. The van der Waals surface area contributed by atoms with Gasteiger partial charge < -0.3 is 5.32 Å². The van der Waals surface area contributed by atoms with Gasteiger partial charge in [0.1, 0.15) is 5.82 Å². The lowest BCUT2D eigenvalue weighted by Gasteiger charge is -2.21. The third kappa shape index (κ3) is 3.29. The van der Waals surface area contributed by atoms with Gasteiger partial charge in [0.25, 0.3) is 0 Å². The van der Waals surface area contributed by atoms with Crippen LogP contribution in [0, 0.1) is 13.8 Å². The van der Waals surface area contributed by atoms with Crippen LogP contribution >= 0.6 is 11.8 Å². The van der Waals surface area contributed by atoms with Crippen LogP contribution in [0.3, 0.4) is 0 Å². The molecule has 4 heteroatoms. The molecule has 1 saturated carbocycles. The highest BCUT2D eigenvalue weighted by Crippen LogP contribution is 2.36. The zero-order valence-electron chi connectivity index (χ0n) is 11.9. The molecular weight excluding hydrogens is 254 g/mol. The highest BCUT2D eigenvalue weighted by atomic mass is 32.2. The van der Waals surface area contributed by atoms with Gasteiger partial charge in [-0.25, -0.2) is 9.97 Å². The normalized spacial score (nSPS) is 23.6. The largest absolute Gasteiger partial charge is 0.310 e. The molecule has 2 aliphatic rings. The zero-order valence-corrected chi connectivity index (χ0v) is 12.7. The molecule has 2 heterocycles. The first-order chi connectivity index (χ1) is 9.24. The second kappa shape index (κ2) is 5.80. The second-order valence-electron chi connectivity index (χ2n) is 5.74. The Morgan fingerprint density at radius 3 is 2.42 bits per heavy atom. The van der Waals surface area contributed by atoms with Crippen LogP contribution in [0.1, 0.15) is 60.1 Å². The van der Waals surface area contributed by atoms with E-state index in [1.165, 1.54) is 54.8 Å². The summed E-state index contributed by atoms with van der Waals surface area (Å²) in [6.45, 7) is 5.20. The predicted molar refractivity (Wildman–Crippen MR) is 80.4 cm³/mol. The fraction of sp³-hybridized carbons (Fsp3) is 0.733. The standard InChI is InChI=1S/C15H23N3S/c1-10-13(9-16-12-6-7-12)11(2)18-15(17-10)14-5-3-4-8-19-14/h12,14,16H,3-9H2,1-2H3. The van der Waals surface area contributed by atoms with Crippen LogP contribution in [0.2, 0.25) is 0 Å². The number of hydrogen-bond acceptors (Lipinski definition) is 4. The Balaban J connectivity index is 1.75. The quantitative estimate of drug-likeness (QED) is 0.916. The van der Waals surface area contributed by atoms with Crippen molar-refractivity contribution in [3.05, 3.63) is 22.8 Å².